The zero-order chi connectivity index (χ0) is 26.7. The standard InChI is InChI=1S/C30H40N2O4/c1-8-23-18-21(13-16-25(23)36-29(5,6)26(33)34)10-9-17-30(20-31-27(35)32(30)7)19-22-11-14-24(15-12-22)28(2,3)4/h8,11-16,18H,1,9-10,17,19-20H2,2-7H3,(H,31,35)(H,33,34). The van der Waals surface area contributed by atoms with Gasteiger partial charge in [0.1, 0.15) is 5.75 Å². The van der Waals surface area contributed by atoms with E-state index in [1.54, 1.807) is 6.08 Å². The van der Waals surface area contributed by atoms with Gasteiger partial charge in [-0.2, -0.15) is 0 Å². The second-order valence-electron chi connectivity index (χ2n) is 11.4. The van der Waals surface area contributed by atoms with Crippen LogP contribution in [0.25, 0.3) is 6.08 Å². The minimum atomic E-state index is -1.33. The first kappa shape index (κ1) is 27.3. The number of nitrogens with one attached hydrogen (secondary N) is 1. The van der Waals surface area contributed by atoms with Gasteiger partial charge in [-0.1, -0.05) is 63.8 Å². The summed E-state index contributed by atoms with van der Waals surface area (Å²) in [5.74, 6) is -0.523. The second kappa shape index (κ2) is 10.4. The summed E-state index contributed by atoms with van der Waals surface area (Å²) in [6, 6.07) is 14.5. The lowest BCUT2D eigenvalue weighted by Crippen LogP contribution is -2.46. The maximum atomic E-state index is 12.4. The lowest BCUT2D eigenvalue weighted by Gasteiger charge is -2.35. The summed E-state index contributed by atoms with van der Waals surface area (Å²) in [4.78, 5) is 25.7. The molecule has 36 heavy (non-hydrogen) atoms. The van der Waals surface area contributed by atoms with Crippen molar-refractivity contribution in [2.45, 2.75) is 76.9 Å². The Kier molecular flexibility index (Phi) is 7.87. The Morgan fingerprint density at radius 1 is 1.14 bits per heavy atom. The lowest BCUT2D eigenvalue weighted by molar-refractivity contribution is -0.152. The van der Waals surface area contributed by atoms with Crippen LogP contribution in [0.1, 0.15) is 69.7 Å². The van der Waals surface area contributed by atoms with Gasteiger partial charge in [-0.05, 0) is 73.8 Å². The molecular formula is C30H40N2O4. The van der Waals surface area contributed by atoms with Crippen molar-refractivity contribution in [2.75, 3.05) is 13.6 Å². The first-order valence-electron chi connectivity index (χ1n) is 12.6. The third kappa shape index (κ3) is 6.10. The Labute approximate surface area is 215 Å². The van der Waals surface area contributed by atoms with Gasteiger partial charge >= 0.3 is 12.0 Å². The molecule has 0 radical (unpaired) electrons. The number of hydrogen-bond acceptors (Lipinski definition) is 3. The molecule has 0 spiro atoms. The quantitative estimate of drug-likeness (QED) is 0.437. The average molecular weight is 493 g/mol. The van der Waals surface area contributed by atoms with Crippen molar-refractivity contribution in [3.63, 3.8) is 0 Å². The maximum Gasteiger partial charge on any atom is 0.347 e. The van der Waals surface area contributed by atoms with Crippen molar-refractivity contribution >= 4 is 18.1 Å². The molecule has 2 amide bonds. The van der Waals surface area contributed by atoms with E-state index in [0.29, 0.717) is 12.3 Å². The first-order chi connectivity index (χ1) is 16.8. The second-order valence-corrected chi connectivity index (χ2v) is 11.4. The van der Waals surface area contributed by atoms with Gasteiger partial charge in [-0.15, -0.1) is 0 Å². The van der Waals surface area contributed by atoms with E-state index in [1.165, 1.54) is 25.0 Å². The molecule has 0 saturated carbocycles. The number of carbonyl (C=O) groups is 2. The van der Waals surface area contributed by atoms with Gasteiger partial charge in [-0.25, -0.2) is 9.59 Å². The summed E-state index contributed by atoms with van der Waals surface area (Å²) in [7, 11) is 1.89. The minimum absolute atomic E-state index is 0.0298. The molecule has 2 aromatic carbocycles. The molecule has 1 fully saturated rings. The Bertz CT molecular complexity index is 1110. The highest BCUT2D eigenvalue weighted by atomic mass is 16.5. The number of aryl methyl sites for hydroxylation is 1. The zero-order valence-electron chi connectivity index (χ0n) is 22.5. The van der Waals surface area contributed by atoms with E-state index in [4.69, 9.17) is 4.74 Å². The van der Waals surface area contributed by atoms with E-state index in [0.717, 1.165) is 36.8 Å². The molecule has 0 aliphatic carbocycles. The van der Waals surface area contributed by atoms with Crippen LogP contribution in [0.2, 0.25) is 0 Å². The lowest BCUT2D eigenvalue weighted by atomic mass is 9.82. The van der Waals surface area contributed by atoms with Crippen LogP contribution < -0.4 is 10.1 Å². The molecule has 1 heterocycles. The van der Waals surface area contributed by atoms with Crippen molar-refractivity contribution in [3.8, 4) is 5.75 Å². The summed E-state index contributed by atoms with van der Waals surface area (Å²) >= 11 is 0. The molecule has 1 unspecified atom stereocenters. The van der Waals surface area contributed by atoms with E-state index in [9.17, 15) is 14.7 Å². The normalized spacial score (nSPS) is 18.2. The van der Waals surface area contributed by atoms with Crippen molar-refractivity contribution < 1.29 is 19.4 Å². The Balaban J connectivity index is 1.72. The minimum Gasteiger partial charge on any atom is -0.478 e. The summed E-state index contributed by atoms with van der Waals surface area (Å²) in [5, 5.41) is 12.4. The van der Waals surface area contributed by atoms with E-state index >= 15 is 0 Å². The maximum absolute atomic E-state index is 12.4. The number of rotatable bonds is 10. The third-order valence-corrected chi connectivity index (χ3v) is 7.22. The number of carboxylic acid groups (broad SMARTS) is 1. The highest BCUT2D eigenvalue weighted by Gasteiger charge is 2.42. The van der Waals surface area contributed by atoms with E-state index in [1.807, 2.05) is 30.1 Å². The van der Waals surface area contributed by atoms with Gasteiger partial charge in [0.05, 0.1) is 5.54 Å². The van der Waals surface area contributed by atoms with E-state index in [2.05, 4.69) is 56.9 Å². The molecule has 6 nitrogen and oxygen atoms in total. The van der Waals surface area contributed by atoms with Crippen LogP contribution in [0.3, 0.4) is 0 Å². The topological polar surface area (TPSA) is 78.9 Å². The van der Waals surface area contributed by atoms with E-state index < -0.39 is 11.6 Å². The van der Waals surface area contributed by atoms with Crippen LogP contribution in [0, 0.1) is 0 Å². The molecule has 0 bridgehead atoms. The molecule has 0 aromatic heterocycles. The van der Waals surface area contributed by atoms with Gasteiger partial charge in [0.2, 0.25) is 0 Å². The van der Waals surface area contributed by atoms with Crippen molar-refractivity contribution in [3.05, 3.63) is 71.3 Å². The fourth-order valence-corrected chi connectivity index (χ4v) is 4.67. The fourth-order valence-electron chi connectivity index (χ4n) is 4.67. The number of benzene rings is 2. The molecular weight excluding hydrogens is 452 g/mol. The van der Waals surface area contributed by atoms with Crippen molar-refractivity contribution in [1.82, 2.24) is 10.2 Å². The van der Waals surface area contributed by atoms with Gasteiger partial charge in [0.25, 0.3) is 0 Å². The highest BCUT2D eigenvalue weighted by molar-refractivity contribution is 5.78. The predicted octanol–water partition coefficient (Wildman–Crippen LogP) is 5.83. The molecule has 2 N–H and O–H groups in total. The summed E-state index contributed by atoms with van der Waals surface area (Å²) in [6.45, 7) is 14.2. The molecule has 2 aromatic rings. The van der Waals surface area contributed by atoms with Crippen LogP contribution in [-0.4, -0.2) is 46.7 Å². The summed E-state index contributed by atoms with van der Waals surface area (Å²) < 4.78 is 5.74. The predicted molar refractivity (Wildman–Crippen MR) is 145 cm³/mol. The number of ether oxygens (including phenoxy) is 1. The molecule has 1 atom stereocenters. The summed E-state index contributed by atoms with van der Waals surface area (Å²) in [6.07, 6.45) is 5.07. The SMILES string of the molecule is C=Cc1cc(CCCC2(Cc3ccc(C(C)(C)C)cc3)CNC(=O)N2C)ccc1OC(C)(C)C(=O)O. The number of urea groups is 1. The van der Waals surface area contributed by atoms with Crippen LogP contribution >= 0.6 is 0 Å². The number of nitrogens with zero attached hydrogens (tertiary/aromatic N) is 1. The monoisotopic (exact) mass is 492 g/mol. The number of carboxylic acids is 1. The van der Waals surface area contributed by atoms with Gasteiger partial charge < -0.3 is 20.1 Å². The first-order valence-corrected chi connectivity index (χ1v) is 12.6. The highest BCUT2D eigenvalue weighted by Crippen LogP contribution is 2.32. The molecule has 6 heteroatoms. The Morgan fingerprint density at radius 2 is 1.78 bits per heavy atom. The molecule has 1 saturated heterocycles. The smallest absolute Gasteiger partial charge is 0.347 e. The molecule has 194 valence electrons. The van der Waals surface area contributed by atoms with Crippen molar-refractivity contribution in [2.24, 2.45) is 0 Å². The number of hydrogen-bond donors (Lipinski definition) is 2. The largest absolute Gasteiger partial charge is 0.478 e. The fraction of sp³-hybridized carbons (Fsp3) is 0.467. The zero-order valence-corrected chi connectivity index (χ0v) is 22.5. The number of carbonyl (C=O) groups excluding carboxylic acids is 1. The van der Waals surface area contributed by atoms with Crippen LogP contribution in [0.5, 0.6) is 5.75 Å². The Hall–Kier alpha value is -3.28. The van der Waals surface area contributed by atoms with E-state index in [-0.39, 0.29) is 17.0 Å². The third-order valence-electron chi connectivity index (χ3n) is 7.22. The molecule has 1 aliphatic heterocycles. The van der Waals surface area contributed by atoms with Gasteiger partial charge in [0, 0.05) is 19.2 Å². The van der Waals surface area contributed by atoms with Crippen LogP contribution in [0.4, 0.5) is 4.79 Å². The van der Waals surface area contributed by atoms with Crippen LogP contribution in [0.15, 0.2) is 49.0 Å². The summed E-state index contributed by atoms with van der Waals surface area (Å²) in [5.41, 5.74) is 2.90. The molecule has 1 aliphatic rings. The van der Waals surface area contributed by atoms with Crippen molar-refractivity contribution in [1.29, 1.82) is 0 Å². The number of aliphatic carboxylic acids is 1. The number of amides is 2. The molecule has 3 rings (SSSR count). The number of likely N-dealkylation sites (N-methyl/N-ethyl adjacent to an activating group) is 1. The van der Waals surface area contributed by atoms with Crippen LogP contribution in [-0.2, 0) is 23.1 Å². The average Bonchev–Trinajstić information content (AvgIpc) is 3.08. The van der Waals surface area contributed by atoms with Gasteiger partial charge in [-0.3, -0.25) is 0 Å². The van der Waals surface area contributed by atoms with Gasteiger partial charge in [0.15, 0.2) is 5.60 Å². The Morgan fingerprint density at radius 3 is 2.31 bits per heavy atom.